The Morgan fingerprint density at radius 1 is 0.634 bits per heavy atom. The second kappa shape index (κ2) is 16.8. The molecule has 232 valence electrons. The highest BCUT2D eigenvalue weighted by atomic mass is 31.1. The van der Waals surface area contributed by atoms with Gasteiger partial charge in [0.05, 0.1) is 26.4 Å². The Morgan fingerprint density at radius 2 is 1.05 bits per heavy atom. The molecule has 0 aromatic heterocycles. The fourth-order valence-corrected chi connectivity index (χ4v) is 7.57. The van der Waals surface area contributed by atoms with Gasteiger partial charge in [0.2, 0.25) is 0 Å². The molecule has 0 radical (unpaired) electrons. The standard InChI is InChI=1S/C34H55O6P/c1-12-13-18-41(29-21-25(2)19-27(33(4,5)6)31(29)39-23-37-16-14-35-10)30-22-26(3)20-28(34(7,8)9)32(30)40-24-38-17-15-36-11/h19-22H,12-18,23-24H2,1-11H3. The average Bonchev–Trinajstić information content (AvgIpc) is 2.88. The maximum absolute atomic E-state index is 6.53. The van der Waals surface area contributed by atoms with Crippen LogP contribution in [0.25, 0.3) is 0 Å². The summed E-state index contributed by atoms with van der Waals surface area (Å²) >= 11 is 0. The molecule has 0 spiro atoms. The first-order valence-corrected chi connectivity index (χ1v) is 16.3. The zero-order valence-corrected chi connectivity index (χ0v) is 28.5. The van der Waals surface area contributed by atoms with Crippen molar-refractivity contribution in [2.24, 2.45) is 0 Å². The Hall–Kier alpha value is -1.69. The number of unbranched alkanes of at least 4 members (excludes halogenated alkanes) is 1. The van der Waals surface area contributed by atoms with Gasteiger partial charge in [-0.1, -0.05) is 67.0 Å². The van der Waals surface area contributed by atoms with Gasteiger partial charge < -0.3 is 28.4 Å². The lowest BCUT2D eigenvalue weighted by molar-refractivity contribution is -0.00872. The third kappa shape index (κ3) is 10.8. The van der Waals surface area contributed by atoms with Gasteiger partial charge in [-0.3, -0.25) is 0 Å². The van der Waals surface area contributed by atoms with E-state index in [0.717, 1.165) is 30.5 Å². The maximum atomic E-state index is 6.53. The number of hydrogen-bond acceptors (Lipinski definition) is 6. The van der Waals surface area contributed by atoms with Crippen LogP contribution < -0.4 is 20.1 Å². The SMILES string of the molecule is CCCCP(c1cc(C)cc(C(C)(C)C)c1OCOCCOC)c1cc(C)cc(C(C)(C)C)c1OCOCCOC. The summed E-state index contributed by atoms with van der Waals surface area (Å²) in [7, 11) is 2.53. The molecule has 0 fully saturated rings. The van der Waals surface area contributed by atoms with E-state index in [0.29, 0.717) is 26.4 Å². The van der Waals surface area contributed by atoms with Crippen LogP contribution >= 0.6 is 7.92 Å². The highest BCUT2D eigenvalue weighted by molar-refractivity contribution is 7.73. The molecule has 6 nitrogen and oxygen atoms in total. The zero-order valence-electron chi connectivity index (χ0n) is 27.6. The zero-order chi connectivity index (χ0) is 30.6. The van der Waals surface area contributed by atoms with E-state index in [2.05, 4.69) is 86.6 Å². The molecule has 2 aromatic carbocycles. The van der Waals surface area contributed by atoms with Gasteiger partial charge in [0.25, 0.3) is 0 Å². The summed E-state index contributed by atoms with van der Waals surface area (Å²) in [5, 5.41) is 2.48. The van der Waals surface area contributed by atoms with Crippen molar-refractivity contribution < 1.29 is 28.4 Å². The number of hydrogen-bond donors (Lipinski definition) is 0. The molecule has 2 aromatic rings. The molecule has 0 heterocycles. The van der Waals surface area contributed by atoms with Gasteiger partial charge in [-0.2, -0.15) is 0 Å². The van der Waals surface area contributed by atoms with E-state index in [1.54, 1.807) is 14.2 Å². The Labute approximate surface area is 251 Å². The quantitative estimate of drug-likeness (QED) is 0.111. The maximum Gasteiger partial charge on any atom is 0.189 e. The largest absolute Gasteiger partial charge is 0.467 e. The second-order valence-corrected chi connectivity index (χ2v) is 14.9. The molecule has 0 saturated heterocycles. The topological polar surface area (TPSA) is 55.4 Å². The van der Waals surface area contributed by atoms with Crippen LogP contribution in [0.5, 0.6) is 11.5 Å². The van der Waals surface area contributed by atoms with Crippen molar-refractivity contribution in [2.75, 3.05) is 60.4 Å². The van der Waals surface area contributed by atoms with Crippen LogP contribution in [0.3, 0.4) is 0 Å². The Balaban J connectivity index is 2.77. The van der Waals surface area contributed by atoms with Gasteiger partial charge in [-0.25, -0.2) is 0 Å². The Bertz CT molecular complexity index is 989. The summed E-state index contributed by atoms with van der Waals surface area (Å²) < 4.78 is 35.0. The number of benzene rings is 2. The molecule has 0 aliphatic carbocycles. The highest BCUT2D eigenvalue weighted by Crippen LogP contribution is 2.47. The lowest BCUT2D eigenvalue weighted by Gasteiger charge is -2.32. The predicted octanol–water partition coefficient (Wildman–Crippen LogP) is 7.13. The monoisotopic (exact) mass is 590 g/mol. The normalized spacial score (nSPS) is 12.3. The number of methoxy groups -OCH3 is 2. The van der Waals surface area contributed by atoms with Crippen LogP contribution in [0, 0.1) is 13.8 Å². The fourth-order valence-electron chi connectivity index (χ4n) is 4.62. The van der Waals surface area contributed by atoms with Crippen LogP contribution in [-0.4, -0.2) is 60.4 Å². The highest BCUT2D eigenvalue weighted by Gasteiger charge is 2.31. The minimum Gasteiger partial charge on any atom is -0.467 e. The van der Waals surface area contributed by atoms with Crippen molar-refractivity contribution in [2.45, 2.75) is 86.0 Å². The predicted molar refractivity (Wildman–Crippen MR) is 172 cm³/mol. The van der Waals surface area contributed by atoms with Crippen molar-refractivity contribution >= 4 is 18.5 Å². The molecular formula is C34H55O6P. The van der Waals surface area contributed by atoms with Gasteiger partial charge in [0, 0.05) is 36.0 Å². The number of rotatable bonds is 17. The second-order valence-electron chi connectivity index (χ2n) is 12.7. The summed E-state index contributed by atoms with van der Waals surface area (Å²) in [6.07, 6.45) is 3.26. The van der Waals surface area contributed by atoms with Crippen LogP contribution in [0.15, 0.2) is 24.3 Å². The van der Waals surface area contributed by atoms with E-state index in [1.807, 2.05) is 0 Å². The minimum absolute atomic E-state index is 0.105. The van der Waals surface area contributed by atoms with Gasteiger partial charge in [0.15, 0.2) is 13.6 Å². The molecule has 0 atom stereocenters. The number of aryl methyl sites for hydroxylation is 2. The van der Waals surface area contributed by atoms with Gasteiger partial charge in [-0.15, -0.1) is 0 Å². The van der Waals surface area contributed by atoms with Crippen LogP contribution in [0.4, 0.5) is 0 Å². The molecular weight excluding hydrogens is 535 g/mol. The molecule has 0 aliphatic heterocycles. The summed E-state index contributed by atoms with van der Waals surface area (Å²) in [5.41, 5.74) is 4.64. The van der Waals surface area contributed by atoms with E-state index in [1.165, 1.54) is 32.9 Å². The summed E-state index contributed by atoms with van der Waals surface area (Å²) in [6.45, 7) is 22.5. The molecule has 0 aliphatic rings. The molecule has 7 heteroatoms. The lowest BCUT2D eigenvalue weighted by atomic mass is 9.85. The van der Waals surface area contributed by atoms with E-state index in [-0.39, 0.29) is 24.4 Å². The molecule has 0 unspecified atom stereocenters. The lowest BCUT2D eigenvalue weighted by Crippen LogP contribution is -2.27. The van der Waals surface area contributed by atoms with Crippen molar-refractivity contribution in [3.63, 3.8) is 0 Å². The van der Waals surface area contributed by atoms with Crippen LogP contribution in [-0.2, 0) is 29.8 Å². The molecule has 2 rings (SSSR count). The van der Waals surface area contributed by atoms with Crippen LogP contribution in [0.2, 0.25) is 0 Å². The third-order valence-electron chi connectivity index (χ3n) is 6.80. The minimum atomic E-state index is -0.823. The summed E-state index contributed by atoms with van der Waals surface area (Å²) in [4.78, 5) is 0. The molecule has 41 heavy (non-hydrogen) atoms. The third-order valence-corrected chi connectivity index (χ3v) is 9.39. The van der Waals surface area contributed by atoms with E-state index >= 15 is 0 Å². The Kier molecular flexibility index (Phi) is 14.6. The first-order chi connectivity index (χ1) is 19.3. The Morgan fingerprint density at radius 3 is 1.39 bits per heavy atom. The smallest absolute Gasteiger partial charge is 0.189 e. The van der Waals surface area contributed by atoms with Crippen molar-refractivity contribution in [1.82, 2.24) is 0 Å². The van der Waals surface area contributed by atoms with Gasteiger partial charge in [0.1, 0.15) is 11.5 Å². The van der Waals surface area contributed by atoms with Crippen molar-refractivity contribution in [3.8, 4) is 11.5 Å². The van der Waals surface area contributed by atoms with Gasteiger partial charge in [-0.05, 0) is 68.4 Å². The van der Waals surface area contributed by atoms with Crippen molar-refractivity contribution in [1.29, 1.82) is 0 Å². The van der Waals surface area contributed by atoms with Crippen molar-refractivity contribution in [3.05, 3.63) is 46.5 Å². The van der Waals surface area contributed by atoms with Gasteiger partial charge >= 0.3 is 0 Å². The number of ether oxygens (including phenoxy) is 6. The summed E-state index contributed by atoms with van der Waals surface area (Å²) in [6, 6.07) is 9.16. The first kappa shape index (κ1) is 35.5. The molecule has 0 bridgehead atoms. The van der Waals surface area contributed by atoms with E-state index in [9.17, 15) is 0 Å². The van der Waals surface area contributed by atoms with E-state index in [4.69, 9.17) is 28.4 Å². The molecule has 0 saturated carbocycles. The molecule has 0 amide bonds. The summed E-state index contributed by atoms with van der Waals surface area (Å²) in [5.74, 6) is 1.87. The fraction of sp³-hybridized carbons (Fsp3) is 0.647. The first-order valence-electron chi connectivity index (χ1n) is 14.8. The van der Waals surface area contributed by atoms with Crippen LogP contribution in [0.1, 0.15) is 83.6 Å². The average molecular weight is 591 g/mol. The molecule has 0 N–H and O–H groups in total. The van der Waals surface area contributed by atoms with E-state index < -0.39 is 7.92 Å².